The maximum absolute atomic E-state index is 3.55. The summed E-state index contributed by atoms with van der Waals surface area (Å²) in [5.74, 6) is 0. The van der Waals surface area contributed by atoms with E-state index in [1.54, 1.807) is 0 Å². The van der Waals surface area contributed by atoms with Crippen LogP contribution in [0.25, 0.3) is 10.8 Å². The van der Waals surface area contributed by atoms with E-state index in [0.29, 0.717) is 0 Å². The van der Waals surface area contributed by atoms with Gasteiger partial charge in [0.2, 0.25) is 0 Å². The van der Waals surface area contributed by atoms with Crippen LogP contribution in [0.1, 0.15) is 45.7 Å². The highest BCUT2D eigenvalue weighted by Crippen LogP contribution is 2.19. The number of fused-ring (bicyclic) bond motifs is 1. The lowest BCUT2D eigenvalue weighted by molar-refractivity contribution is 0.296. The molecule has 2 aromatic carbocycles. The van der Waals surface area contributed by atoms with Crippen molar-refractivity contribution < 1.29 is 0 Å². The van der Waals surface area contributed by atoms with Gasteiger partial charge in [-0.1, -0.05) is 38.1 Å². The minimum absolute atomic E-state index is 0.155. The summed E-state index contributed by atoms with van der Waals surface area (Å²) in [6.45, 7) is 15.2. The van der Waals surface area contributed by atoms with E-state index in [9.17, 15) is 0 Å². The molecule has 22 heavy (non-hydrogen) atoms. The highest BCUT2D eigenvalue weighted by atomic mass is 15.1. The Morgan fingerprint density at radius 3 is 1.95 bits per heavy atom. The van der Waals surface area contributed by atoms with E-state index in [0.717, 1.165) is 26.2 Å². The largest absolute Gasteiger partial charge is 0.308 e. The number of nitrogens with zero attached hydrogens (tertiary/aromatic N) is 1. The lowest BCUT2D eigenvalue weighted by Crippen LogP contribution is -2.35. The Bertz CT molecular complexity index is 607. The van der Waals surface area contributed by atoms with Crippen LogP contribution in [-0.4, -0.2) is 23.5 Å². The molecular weight excluding hydrogens is 268 g/mol. The molecule has 0 heterocycles. The van der Waals surface area contributed by atoms with E-state index >= 15 is 0 Å². The second kappa shape index (κ2) is 7.26. The van der Waals surface area contributed by atoms with Crippen LogP contribution in [0, 0.1) is 0 Å². The molecule has 0 saturated carbocycles. The van der Waals surface area contributed by atoms with Crippen LogP contribution < -0.4 is 5.32 Å². The third-order valence-corrected chi connectivity index (χ3v) is 4.09. The standard InChI is InChI=1S/C20H30N2/c1-6-22(7-2)15-17-9-11-18-12-16(8-10-19(18)13-17)14-21-20(3,4)5/h8-13,21H,6-7,14-15H2,1-5H3. The number of hydrogen-bond acceptors (Lipinski definition) is 2. The van der Waals surface area contributed by atoms with Crippen molar-refractivity contribution in [3.05, 3.63) is 47.5 Å². The highest BCUT2D eigenvalue weighted by Gasteiger charge is 2.08. The molecule has 120 valence electrons. The first-order valence-corrected chi connectivity index (χ1v) is 8.40. The molecule has 0 aliphatic carbocycles. The normalized spacial score (nSPS) is 12.3. The van der Waals surface area contributed by atoms with Crippen LogP contribution in [0.2, 0.25) is 0 Å². The maximum Gasteiger partial charge on any atom is 0.0233 e. The Hall–Kier alpha value is -1.38. The monoisotopic (exact) mass is 298 g/mol. The van der Waals surface area contributed by atoms with Crippen molar-refractivity contribution in [1.82, 2.24) is 10.2 Å². The molecule has 0 aliphatic rings. The summed E-state index contributed by atoms with van der Waals surface area (Å²) in [5.41, 5.74) is 2.90. The number of nitrogens with one attached hydrogen (secondary N) is 1. The van der Waals surface area contributed by atoms with Crippen LogP contribution in [0.15, 0.2) is 36.4 Å². The Balaban J connectivity index is 2.14. The average Bonchev–Trinajstić information content (AvgIpc) is 2.49. The van der Waals surface area contributed by atoms with Crippen molar-refractivity contribution in [2.75, 3.05) is 13.1 Å². The van der Waals surface area contributed by atoms with Crippen molar-refractivity contribution >= 4 is 10.8 Å². The zero-order valence-electron chi connectivity index (χ0n) is 14.7. The van der Waals surface area contributed by atoms with Gasteiger partial charge < -0.3 is 5.32 Å². The molecule has 2 rings (SSSR count). The van der Waals surface area contributed by atoms with Crippen LogP contribution in [0.5, 0.6) is 0 Å². The molecule has 1 N–H and O–H groups in total. The van der Waals surface area contributed by atoms with Gasteiger partial charge in [0.15, 0.2) is 0 Å². The van der Waals surface area contributed by atoms with Crippen molar-refractivity contribution in [2.24, 2.45) is 0 Å². The first-order valence-electron chi connectivity index (χ1n) is 8.40. The van der Waals surface area contributed by atoms with Gasteiger partial charge in [-0.15, -0.1) is 0 Å². The molecule has 0 unspecified atom stereocenters. The Labute approximate surface area is 135 Å². The molecule has 0 aliphatic heterocycles. The minimum Gasteiger partial charge on any atom is -0.308 e. The molecule has 0 amide bonds. The summed E-state index contributed by atoms with van der Waals surface area (Å²) in [7, 11) is 0. The van der Waals surface area contributed by atoms with Crippen molar-refractivity contribution in [1.29, 1.82) is 0 Å². The molecule has 0 saturated heterocycles. The fraction of sp³-hybridized carbons (Fsp3) is 0.500. The number of benzene rings is 2. The second-order valence-corrected chi connectivity index (χ2v) is 7.08. The molecule has 2 aromatic rings. The van der Waals surface area contributed by atoms with Gasteiger partial charge in [-0.05, 0) is 67.9 Å². The Morgan fingerprint density at radius 2 is 1.41 bits per heavy atom. The molecule has 2 nitrogen and oxygen atoms in total. The molecule has 0 bridgehead atoms. The fourth-order valence-corrected chi connectivity index (χ4v) is 2.63. The van der Waals surface area contributed by atoms with Crippen LogP contribution >= 0.6 is 0 Å². The fourth-order valence-electron chi connectivity index (χ4n) is 2.63. The minimum atomic E-state index is 0.155. The zero-order chi connectivity index (χ0) is 16.2. The molecule has 0 radical (unpaired) electrons. The molecule has 0 atom stereocenters. The Kier molecular flexibility index (Phi) is 5.60. The van der Waals surface area contributed by atoms with E-state index in [1.807, 2.05) is 0 Å². The average molecular weight is 298 g/mol. The van der Waals surface area contributed by atoms with Crippen molar-refractivity contribution in [2.45, 2.75) is 53.2 Å². The van der Waals surface area contributed by atoms with Gasteiger partial charge in [-0.2, -0.15) is 0 Å². The first kappa shape index (κ1) is 17.0. The van der Waals surface area contributed by atoms with Crippen LogP contribution in [0.3, 0.4) is 0 Å². The van der Waals surface area contributed by atoms with E-state index in [2.05, 4.69) is 81.2 Å². The number of rotatable bonds is 6. The third kappa shape index (κ3) is 4.82. The molecule has 0 spiro atoms. The lowest BCUT2D eigenvalue weighted by Gasteiger charge is -2.21. The zero-order valence-corrected chi connectivity index (χ0v) is 14.7. The van der Waals surface area contributed by atoms with Gasteiger partial charge in [0.05, 0.1) is 0 Å². The van der Waals surface area contributed by atoms with Crippen molar-refractivity contribution in [3.8, 4) is 0 Å². The lowest BCUT2D eigenvalue weighted by atomic mass is 10.0. The van der Waals surface area contributed by atoms with E-state index < -0.39 is 0 Å². The molecule has 0 aromatic heterocycles. The van der Waals surface area contributed by atoms with Gasteiger partial charge in [-0.3, -0.25) is 4.90 Å². The van der Waals surface area contributed by atoms with Gasteiger partial charge in [0.25, 0.3) is 0 Å². The van der Waals surface area contributed by atoms with E-state index in [-0.39, 0.29) is 5.54 Å². The summed E-state index contributed by atoms with van der Waals surface area (Å²) in [6, 6.07) is 13.6. The Morgan fingerprint density at radius 1 is 0.864 bits per heavy atom. The van der Waals surface area contributed by atoms with Gasteiger partial charge >= 0.3 is 0 Å². The van der Waals surface area contributed by atoms with E-state index in [4.69, 9.17) is 0 Å². The summed E-state index contributed by atoms with van der Waals surface area (Å²) in [5, 5.41) is 6.22. The third-order valence-electron chi connectivity index (χ3n) is 4.09. The first-order chi connectivity index (χ1) is 10.4. The van der Waals surface area contributed by atoms with Crippen molar-refractivity contribution in [3.63, 3.8) is 0 Å². The highest BCUT2D eigenvalue weighted by molar-refractivity contribution is 5.83. The molecule has 2 heteroatoms. The predicted octanol–water partition coefficient (Wildman–Crippen LogP) is 4.57. The summed E-state index contributed by atoms with van der Waals surface area (Å²) >= 11 is 0. The van der Waals surface area contributed by atoms with Crippen LogP contribution in [-0.2, 0) is 13.1 Å². The van der Waals surface area contributed by atoms with E-state index in [1.165, 1.54) is 21.9 Å². The smallest absolute Gasteiger partial charge is 0.0233 e. The number of hydrogen-bond donors (Lipinski definition) is 1. The maximum atomic E-state index is 3.55. The van der Waals surface area contributed by atoms with Gasteiger partial charge in [0.1, 0.15) is 0 Å². The van der Waals surface area contributed by atoms with Crippen LogP contribution in [0.4, 0.5) is 0 Å². The quantitative estimate of drug-likeness (QED) is 0.840. The van der Waals surface area contributed by atoms with Gasteiger partial charge in [-0.25, -0.2) is 0 Å². The van der Waals surface area contributed by atoms with Gasteiger partial charge in [0, 0.05) is 18.6 Å². The molecule has 0 fully saturated rings. The summed E-state index contributed by atoms with van der Waals surface area (Å²) in [6.07, 6.45) is 0. The summed E-state index contributed by atoms with van der Waals surface area (Å²) in [4.78, 5) is 2.45. The predicted molar refractivity (Wildman–Crippen MR) is 97.2 cm³/mol. The SMILES string of the molecule is CCN(CC)Cc1ccc2cc(CNC(C)(C)C)ccc2c1. The second-order valence-electron chi connectivity index (χ2n) is 7.08. The molecular formula is C20H30N2. The summed E-state index contributed by atoms with van der Waals surface area (Å²) < 4.78 is 0. The topological polar surface area (TPSA) is 15.3 Å².